The fourth-order valence-electron chi connectivity index (χ4n) is 4.34. The third kappa shape index (κ3) is 6.62. The molecule has 2 amide bonds. The molecule has 0 unspecified atom stereocenters. The van der Waals surface area contributed by atoms with Crippen molar-refractivity contribution in [3.8, 4) is 6.07 Å². The van der Waals surface area contributed by atoms with E-state index in [1.807, 2.05) is 6.07 Å². The van der Waals surface area contributed by atoms with Crippen LogP contribution in [0.3, 0.4) is 0 Å². The lowest BCUT2D eigenvalue weighted by Gasteiger charge is -2.45. The molecule has 1 aliphatic heterocycles. The van der Waals surface area contributed by atoms with Crippen molar-refractivity contribution >= 4 is 12.0 Å². The Kier molecular flexibility index (Phi) is 6.96. The lowest BCUT2D eigenvalue weighted by atomic mass is 9.73. The molecule has 2 aliphatic rings. The molecular formula is C24H30F3N3O3. The van der Waals surface area contributed by atoms with Crippen molar-refractivity contribution in [2.75, 3.05) is 19.6 Å². The van der Waals surface area contributed by atoms with Gasteiger partial charge in [-0.25, -0.2) is 4.79 Å². The summed E-state index contributed by atoms with van der Waals surface area (Å²) in [6.07, 6.45) is -2.99. The summed E-state index contributed by atoms with van der Waals surface area (Å²) < 4.78 is 45.4. The van der Waals surface area contributed by atoms with Crippen molar-refractivity contribution in [3.63, 3.8) is 0 Å². The topological polar surface area (TPSA) is 73.6 Å². The van der Waals surface area contributed by atoms with Crippen LogP contribution in [0.5, 0.6) is 0 Å². The summed E-state index contributed by atoms with van der Waals surface area (Å²) in [5.74, 6) is -1.80. The molecule has 0 N–H and O–H groups in total. The first-order chi connectivity index (χ1) is 15.3. The molecule has 1 heterocycles. The third-order valence-corrected chi connectivity index (χ3v) is 6.11. The van der Waals surface area contributed by atoms with Crippen LogP contribution in [-0.4, -0.2) is 59.3 Å². The summed E-state index contributed by atoms with van der Waals surface area (Å²) in [6, 6.07) is 8.68. The number of amides is 2. The number of ether oxygens (including phenoxy) is 1. The Morgan fingerprint density at radius 2 is 1.85 bits per heavy atom. The number of nitriles is 1. The van der Waals surface area contributed by atoms with E-state index >= 15 is 0 Å². The van der Waals surface area contributed by atoms with Crippen LogP contribution in [0.2, 0.25) is 0 Å². The fraction of sp³-hybridized carbons (Fsp3) is 0.625. The van der Waals surface area contributed by atoms with E-state index in [-0.39, 0.29) is 6.54 Å². The van der Waals surface area contributed by atoms with Gasteiger partial charge in [0.1, 0.15) is 5.60 Å². The second-order valence-corrected chi connectivity index (χ2v) is 10.1. The first kappa shape index (κ1) is 24.9. The molecular weight excluding hydrogens is 435 g/mol. The number of rotatable bonds is 5. The molecule has 180 valence electrons. The largest absolute Gasteiger partial charge is 0.471 e. The molecule has 33 heavy (non-hydrogen) atoms. The van der Waals surface area contributed by atoms with Gasteiger partial charge in [-0.1, -0.05) is 12.1 Å². The van der Waals surface area contributed by atoms with Crippen LogP contribution in [0, 0.1) is 16.7 Å². The van der Waals surface area contributed by atoms with Gasteiger partial charge >= 0.3 is 18.2 Å². The number of benzene rings is 1. The minimum absolute atomic E-state index is 0.0328. The SMILES string of the molecule is CC(C)(C)OC(=O)N1CCC(Cc2cccc(C#N)c2)(CN(C(=O)C(F)(F)F)C2CC2)CC1. The highest BCUT2D eigenvalue weighted by Gasteiger charge is 2.50. The van der Waals surface area contributed by atoms with Gasteiger partial charge in [0.2, 0.25) is 0 Å². The molecule has 9 heteroatoms. The monoisotopic (exact) mass is 465 g/mol. The Morgan fingerprint density at radius 1 is 1.21 bits per heavy atom. The zero-order chi connectivity index (χ0) is 24.4. The van der Waals surface area contributed by atoms with E-state index in [9.17, 15) is 28.0 Å². The molecule has 1 aromatic carbocycles. The van der Waals surface area contributed by atoms with Crippen molar-refractivity contribution < 1.29 is 27.5 Å². The first-order valence-corrected chi connectivity index (χ1v) is 11.2. The number of hydrogen-bond acceptors (Lipinski definition) is 4. The number of alkyl halides is 3. The van der Waals surface area contributed by atoms with Gasteiger partial charge in [0.05, 0.1) is 11.6 Å². The Balaban J connectivity index is 1.83. The van der Waals surface area contributed by atoms with Crippen LogP contribution in [0.4, 0.5) is 18.0 Å². The fourth-order valence-corrected chi connectivity index (χ4v) is 4.34. The van der Waals surface area contributed by atoms with Crippen molar-refractivity contribution in [2.24, 2.45) is 5.41 Å². The van der Waals surface area contributed by atoms with Gasteiger partial charge < -0.3 is 14.5 Å². The zero-order valence-electron chi connectivity index (χ0n) is 19.2. The molecule has 0 bridgehead atoms. The van der Waals surface area contributed by atoms with Gasteiger partial charge in [-0.15, -0.1) is 0 Å². The smallest absolute Gasteiger partial charge is 0.444 e. The highest BCUT2D eigenvalue weighted by molar-refractivity contribution is 5.82. The van der Waals surface area contributed by atoms with Gasteiger partial charge in [-0.3, -0.25) is 4.79 Å². The van der Waals surface area contributed by atoms with Crippen LogP contribution in [0.15, 0.2) is 24.3 Å². The summed E-state index contributed by atoms with van der Waals surface area (Å²) in [6.45, 7) is 5.94. The summed E-state index contributed by atoms with van der Waals surface area (Å²) in [5.41, 5.74) is 0.00988. The molecule has 3 rings (SSSR count). The lowest BCUT2D eigenvalue weighted by Crippen LogP contribution is -2.53. The average Bonchev–Trinajstić information content (AvgIpc) is 3.55. The van der Waals surface area contributed by atoms with Crippen LogP contribution in [0.1, 0.15) is 57.6 Å². The Labute approximate surface area is 192 Å². The highest BCUT2D eigenvalue weighted by Crippen LogP contribution is 2.41. The summed E-state index contributed by atoms with van der Waals surface area (Å²) >= 11 is 0. The average molecular weight is 466 g/mol. The standard InChI is InChI=1S/C24H30F3N3O3/c1-22(2,3)33-21(32)29-11-9-23(10-12-29,14-17-5-4-6-18(13-17)15-28)16-30(19-7-8-19)20(31)24(25,26)27/h4-6,13,19H,7-12,14,16H2,1-3H3. The third-order valence-electron chi connectivity index (χ3n) is 6.11. The molecule has 1 saturated carbocycles. The predicted octanol–water partition coefficient (Wildman–Crippen LogP) is 4.67. The number of carbonyl (C=O) groups excluding carboxylic acids is 2. The first-order valence-electron chi connectivity index (χ1n) is 11.2. The van der Waals surface area contributed by atoms with Crippen LogP contribution >= 0.6 is 0 Å². The van der Waals surface area contributed by atoms with E-state index in [1.165, 1.54) is 0 Å². The number of likely N-dealkylation sites (tertiary alicyclic amines) is 1. The molecule has 1 aromatic rings. The normalized spacial score (nSPS) is 18.4. The second kappa shape index (κ2) is 9.24. The maximum absolute atomic E-state index is 13.3. The maximum Gasteiger partial charge on any atom is 0.471 e. The number of nitrogens with zero attached hydrogens (tertiary/aromatic N) is 3. The molecule has 2 fully saturated rings. The van der Waals surface area contributed by atoms with Crippen molar-refractivity contribution in [1.82, 2.24) is 9.80 Å². The van der Waals surface area contributed by atoms with E-state index in [1.54, 1.807) is 43.9 Å². The van der Waals surface area contributed by atoms with E-state index in [0.717, 1.165) is 10.5 Å². The summed E-state index contributed by atoms with van der Waals surface area (Å²) in [5, 5.41) is 9.22. The van der Waals surface area contributed by atoms with Crippen LogP contribution < -0.4 is 0 Å². The number of halogens is 3. The van der Waals surface area contributed by atoms with E-state index < -0.39 is 35.2 Å². The highest BCUT2D eigenvalue weighted by atomic mass is 19.4. The lowest BCUT2D eigenvalue weighted by molar-refractivity contribution is -0.188. The summed E-state index contributed by atoms with van der Waals surface area (Å²) in [4.78, 5) is 27.3. The zero-order valence-corrected chi connectivity index (χ0v) is 19.2. The molecule has 0 aromatic heterocycles. The van der Waals surface area contributed by atoms with E-state index in [4.69, 9.17) is 4.74 Å². The van der Waals surface area contributed by atoms with Crippen molar-refractivity contribution in [1.29, 1.82) is 5.26 Å². The Bertz CT molecular complexity index is 921. The second-order valence-electron chi connectivity index (χ2n) is 10.1. The molecule has 0 atom stereocenters. The molecule has 0 radical (unpaired) electrons. The predicted molar refractivity (Wildman–Crippen MR) is 115 cm³/mol. The van der Waals surface area contributed by atoms with Gasteiger partial charge in [-0.2, -0.15) is 18.4 Å². The molecule has 0 spiro atoms. The number of carbonyl (C=O) groups is 2. The minimum Gasteiger partial charge on any atom is -0.444 e. The Morgan fingerprint density at radius 3 is 2.36 bits per heavy atom. The molecule has 1 saturated heterocycles. The van der Waals surface area contributed by atoms with Crippen LogP contribution in [0.25, 0.3) is 0 Å². The maximum atomic E-state index is 13.3. The quantitative estimate of drug-likeness (QED) is 0.633. The van der Waals surface area contributed by atoms with Gasteiger partial charge in [0.25, 0.3) is 0 Å². The number of piperidine rings is 1. The van der Waals surface area contributed by atoms with Gasteiger partial charge in [0.15, 0.2) is 0 Å². The Hall–Kier alpha value is -2.76. The van der Waals surface area contributed by atoms with Crippen LogP contribution in [-0.2, 0) is 16.0 Å². The van der Waals surface area contributed by atoms with Gasteiger partial charge in [0, 0.05) is 25.7 Å². The van der Waals surface area contributed by atoms with Crippen molar-refractivity contribution in [3.05, 3.63) is 35.4 Å². The van der Waals surface area contributed by atoms with E-state index in [0.29, 0.717) is 50.8 Å². The molecule has 6 nitrogen and oxygen atoms in total. The van der Waals surface area contributed by atoms with E-state index in [2.05, 4.69) is 6.07 Å². The number of hydrogen-bond donors (Lipinski definition) is 0. The van der Waals surface area contributed by atoms with Gasteiger partial charge in [-0.05, 0) is 76.0 Å². The minimum atomic E-state index is -4.93. The summed E-state index contributed by atoms with van der Waals surface area (Å²) in [7, 11) is 0. The molecule has 1 aliphatic carbocycles. The van der Waals surface area contributed by atoms with Crippen molar-refractivity contribution in [2.45, 2.75) is 70.7 Å².